The molecule has 1 fully saturated rings. The van der Waals surface area contributed by atoms with Crippen LogP contribution in [0.25, 0.3) is 0 Å². The van der Waals surface area contributed by atoms with Crippen LogP contribution in [0.4, 0.5) is 0 Å². The summed E-state index contributed by atoms with van der Waals surface area (Å²) in [5, 5.41) is 11.1. The van der Waals surface area contributed by atoms with E-state index in [-0.39, 0.29) is 0 Å². The van der Waals surface area contributed by atoms with Crippen molar-refractivity contribution in [1.82, 2.24) is 0 Å². The van der Waals surface area contributed by atoms with Crippen molar-refractivity contribution in [3.05, 3.63) is 35.4 Å². The predicted octanol–water partition coefficient (Wildman–Crippen LogP) is 5.22. The Bertz CT molecular complexity index is 467. The smallest absolute Gasteiger partial charge is 0.0653 e. The Morgan fingerprint density at radius 3 is 2.81 bits per heavy atom. The molecule has 1 N–H and O–H groups in total. The van der Waals surface area contributed by atoms with Gasteiger partial charge in [0.2, 0.25) is 0 Å². The van der Waals surface area contributed by atoms with Crippen molar-refractivity contribution < 1.29 is 5.11 Å². The molecule has 3 atom stereocenters. The number of hydrogen-bond acceptors (Lipinski definition) is 1. The Balaban J connectivity index is 1.71. The molecular formula is C20H30O. The first-order chi connectivity index (χ1) is 10.2. The van der Waals surface area contributed by atoms with Crippen LogP contribution in [-0.2, 0) is 6.42 Å². The van der Waals surface area contributed by atoms with Crippen LogP contribution >= 0.6 is 0 Å². The molecule has 2 aliphatic carbocycles. The van der Waals surface area contributed by atoms with Gasteiger partial charge in [-0.2, -0.15) is 0 Å². The molecule has 1 aromatic carbocycles. The minimum absolute atomic E-state index is 0.404. The van der Waals surface area contributed by atoms with Gasteiger partial charge >= 0.3 is 0 Å². The van der Waals surface area contributed by atoms with Gasteiger partial charge in [0.25, 0.3) is 0 Å². The van der Waals surface area contributed by atoms with Gasteiger partial charge in [0.1, 0.15) is 0 Å². The highest BCUT2D eigenvalue weighted by Gasteiger charge is 2.34. The molecule has 0 aromatic heterocycles. The number of benzene rings is 1. The fourth-order valence-electron chi connectivity index (χ4n) is 4.60. The second-order valence-electron chi connectivity index (χ2n) is 7.42. The highest BCUT2D eigenvalue weighted by atomic mass is 16.3. The van der Waals surface area contributed by atoms with Crippen LogP contribution in [0.2, 0.25) is 0 Å². The summed E-state index contributed by atoms with van der Waals surface area (Å²) in [5.41, 5.74) is 2.64. The summed E-state index contributed by atoms with van der Waals surface area (Å²) in [6, 6.07) is 8.91. The van der Waals surface area contributed by atoms with E-state index in [0.717, 1.165) is 25.2 Å². The maximum Gasteiger partial charge on any atom is 0.0653 e. The van der Waals surface area contributed by atoms with E-state index in [1.807, 2.05) is 0 Å². The first kappa shape index (κ1) is 15.1. The molecule has 1 saturated carbocycles. The number of fused-ring (bicyclic) bond motifs is 1. The van der Waals surface area contributed by atoms with Crippen molar-refractivity contribution in [3.8, 4) is 0 Å². The molecule has 1 heteroatoms. The van der Waals surface area contributed by atoms with Gasteiger partial charge in [0, 0.05) is 0 Å². The molecule has 3 rings (SSSR count). The molecule has 1 aromatic rings. The molecule has 0 heterocycles. The second kappa shape index (κ2) is 6.52. The van der Waals surface area contributed by atoms with E-state index in [0.29, 0.717) is 5.92 Å². The SMILES string of the molecule is CCC1CCCC(O)(CC2CCCc3ccccc32)CC1. The molecular weight excluding hydrogens is 256 g/mol. The third kappa shape index (κ3) is 3.51. The van der Waals surface area contributed by atoms with Gasteiger partial charge in [-0.3, -0.25) is 0 Å². The number of hydrogen-bond donors (Lipinski definition) is 1. The number of aryl methyl sites for hydroxylation is 1. The van der Waals surface area contributed by atoms with Crippen molar-refractivity contribution >= 4 is 0 Å². The summed E-state index contributed by atoms with van der Waals surface area (Å²) < 4.78 is 0. The lowest BCUT2D eigenvalue weighted by Gasteiger charge is -2.34. The van der Waals surface area contributed by atoms with Gasteiger partial charge in [-0.1, -0.05) is 50.5 Å². The zero-order valence-corrected chi connectivity index (χ0v) is 13.5. The molecule has 0 bridgehead atoms. The van der Waals surface area contributed by atoms with Gasteiger partial charge in [0.15, 0.2) is 0 Å². The van der Waals surface area contributed by atoms with Crippen molar-refractivity contribution in [2.45, 2.75) is 82.7 Å². The van der Waals surface area contributed by atoms with Gasteiger partial charge in [-0.15, -0.1) is 0 Å². The third-order valence-corrected chi connectivity index (χ3v) is 5.97. The molecule has 1 nitrogen and oxygen atoms in total. The average molecular weight is 286 g/mol. The second-order valence-corrected chi connectivity index (χ2v) is 7.42. The minimum atomic E-state index is -0.404. The molecule has 0 saturated heterocycles. The number of rotatable bonds is 3. The maximum absolute atomic E-state index is 11.1. The van der Waals surface area contributed by atoms with Gasteiger partial charge < -0.3 is 5.11 Å². The van der Waals surface area contributed by atoms with Gasteiger partial charge in [0.05, 0.1) is 5.60 Å². The van der Waals surface area contributed by atoms with E-state index < -0.39 is 5.60 Å². The Labute approximate surface area is 129 Å². The van der Waals surface area contributed by atoms with E-state index >= 15 is 0 Å². The van der Waals surface area contributed by atoms with Crippen LogP contribution in [0, 0.1) is 5.92 Å². The third-order valence-electron chi connectivity index (χ3n) is 5.97. The van der Waals surface area contributed by atoms with Crippen LogP contribution in [0.5, 0.6) is 0 Å². The quantitative estimate of drug-likeness (QED) is 0.755. The van der Waals surface area contributed by atoms with E-state index in [1.165, 1.54) is 56.1 Å². The fourth-order valence-corrected chi connectivity index (χ4v) is 4.60. The predicted molar refractivity (Wildman–Crippen MR) is 88.6 cm³/mol. The normalized spacial score (nSPS) is 33.2. The highest BCUT2D eigenvalue weighted by molar-refractivity contribution is 5.32. The Kier molecular flexibility index (Phi) is 4.69. The molecule has 0 spiro atoms. The van der Waals surface area contributed by atoms with E-state index in [9.17, 15) is 5.11 Å². The maximum atomic E-state index is 11.1. The summed E-state index contributed by atoms with van der Waals surface area (Å²) in [5.74, 6) is 1.43. The first-order valence-corrected chi connectivity index (χ1v) is 9.00. The van der Waals surface area contributed by atoms with Gasteiger partial charge in [-0.25, -0.2) is 0 Å². The lowest BCUT2D eigenvalue weighted by molar-refractivity contribution is 0.00720. The average Bonchev–Trinajstić information content (AvgIpc) is 2.69. The van der Waals surface area contributed by atoms with Crippen LogP contribution < -0.4 is 0 Å². The monoisotopic (exact) mass is 286 g/mol. The first-order valence-electron chi connectivity index (χ1n) is 9.00. The molecule has 0 amide bonds. The zero-order chi connectivity index (χ0) is 14.7. The summed E-state index contributed by atoms with van der Waals surface area (Å²) >= 11 is 0. The summed E-state index contributed by atoms with van der Waals surface area (Å²) in [6.07, 6.45) is 11.8. The van der Waals surface area contributed by atoms with Crippen molar-refractivity contribution in [1.29, 1.82) is 0 Å². The standard InChI is InChI=1S/C20H30O/c1-2-16-7-6-13-20(21,14-12-16)15-18-10-5-9-17-8-3-4-11-19(17)18/h3-4,8,11,16,18,21H,2,5-7,9-10,12-15H2,1H3. The van der Waals surface area contributed by atoms with Crippen molar-refractivity contribution in [3.63, 3.8) is 0 Å². The lowest BCUT2D eigenvalue weighted by Crippen LogP contribution is -2.31. The van der Waals surface area contributed by atoms with Crippen molar-refractivity contribution in [2.75, 3.05) is 0 Å². The van der Waals surface area contributed by atoms with Crippen LogP contribution in [-0.4, -0.2) is 10.7 Å². The van der Waals surface area contributed by atoms with Crippen molar-refractivity contribution in [2.24, 2.45) is 5.92 Å². The Morgan fingerprint density at radius 1 is 1.10 bits per heavy atom. The Morgan fingerprint density at radius 2 is 1.95 bits per heavy atom. The molecule has 116 valence electrons. The molecule has 2 aliphatic rings. The largest absolute Gasteiger partial charge is 0.390 e. The molecule has 3 unspecified atom stereocenters. The molecule has 0 aliphatic heterocycles. The molecule has 21 heavy (non-hydrogen) atoms. The van der Waals surface area contributed by atoms with E-state index in [1.54, 1.807) is 0 Å². The Hall–Kier alpha value is -0.820. The molecule has 0 radical (unpaired) electrons. The zero-order valence-electron chi connectivity index (χ0n) is 13.5. The minimum Gasteiger partial charge on any atom is -0.390 e. The summed E-state index contributed by atoms with van der Waals surface area (Å²) in [7, 11) is 0. The van der Waals surface area contributed by atoms with Crippen LogP contribution in [0.15, 0.2) is 24.3 Å². The van der Waals surface area contributed by atoms with Crippen LogP contribution in [0.3, 0.4) is 0 Å². The number of aliphatic hydroxyl groups is 1. The lowest BCUT2D eigenvalue weighted by atomic mass is 9.75. The topological polar surface area (TPSA) is 20.2 Å². The van der Waals surface area contributed by atoms with Crippen LogP contribution in [0.1, 0.15) is 81.8 Å². The summed E-state index contributed by atoms with van der Waals surface area (Å²) in [4.78, 5) is 0. The van der Waals surface area contributed by atoms with E-state index in [4.69, 9.17) is 0 Å². The fraction of sp³-hybridized carbons (Fsp3) is 0.700. The van der Waals surface area contributed by atoms with Gasteiger partial charge in [-0.05, 0) is 67.9 Å². The van der Waals surface area contributed by atoms with E-state index in [2.05, 4.69) is 31.2 Å². The highest BCUT2D eigenvalue weighted by Crippen LogP contribution is 2.42. The summed E-state index contributed by atoms with van der Waals surface area (Å²) in [6.45, 7) is 2.30.